The van der Waals surface area contributed by atoms with Gasteiger partial charge in [0, 0.05) is 42.4 Å². The Bertz CT molecular complexity index is 1410. The first-order chi connectivity index (χ1) is 16.6. The van der Waals surface area contributed by atoms with Crippen molar-refractivity contribution in [3.05, 3.63) is 87.3 Å². The van der Waals surface area contributed by atoms with Crippen LogP contribution in [0.2, 0.25) is 5.02 Å². The number of benzene rings is 2. The zero-order chi connectivity index (χ0) is 25.2. The standard InChI is InChI=1S/C24H20ClF3N4O3/c25-18-8-6-16(7-9-18)19-14-32-21(33)12-20(29-13-15-2-4-17(5-3-15)22(34)35)31(23(32)30-19)11-1-10-24(26,27)28/h2-9,12,14,29H,1,10-11,13H2,(H,34,35). The summed E-state index contributed by atoms with van der Waals surface area (Å²) in [6.07, 6.45) is -3.95. The number of rotatable bonds is 8. The molecule has 4 rings (SSSR count). The fourth-order valence-corrected chi connectivity index (χ4v) is 3.74. The smallest absolute Gasteiger partial charge is 0.389 e. The van der Waals surface area contributed by atoms with Gasteiger partial charge in [-0.2, -0.15) is 13.2 Å². The van der Waals surface area contributed by atoms with Gasteiger partial charge >= 0.3 is 12.1 Å². The number of aryl methyl sites for hydroxylation is 1. The van der Waals surface area contributed by atoms with Crippen LogP contribution in [0.15, 0.2) is 65.6 Å². The molecule has 0 fully saturated rings. The van der Waals surface area contributed by atoms with Gasteiger partial charge in [-0.1, -0.05) is 35.9 Å². The minimum atomic E-state index is -4.31. The Morgan fingerprint density at radius 3 is 2.40 bits per heavy atom. The zero-order valence-electron chi connectivity index (χ0n) is 18.2. The van der Waals surface area contributed by atoms with Gasteiger partial charge in [0.15, 0.2) is 0 Å². The molecule has 0 bridgehead atoms. The number of fused-ring (bicyclic) bond motifs is 1. The number of hydrogen-bond acceptors (Lipinski definition) is 4. The highest BCUT2D eigenvalue weighted by molar-refractivity contribution is 6.30. The van der Waals surface area contributed by atoms with Crippen LogP contribution in [0.4, 0.5) is 19.0 Å². The molecule has 2 aromatic heterocycles. The second kappa shape index (κ2) is 9.83. The van der Waals surface area contributed by atoms with Crippen molar-refractivity contribution in [1.29, 1.82) is 0 Å². The van der Waals surface area contributed by atoms with Crippen molar-refractivity contribution in [3.8, 4) is 11.3 Å². The summed E-state index contributed by atoms with van der Waals surface area (Å²) in [5, 5.41) is 12.7. The van der Waals surface area contributed by atoms with E-state index in [0.717, 1.165) is 5.56 Å². The second-order valence-corrected chi connectivity index (χ2v) is 8.33. The maximum atomic E-state index is 12.8. The number of alkyl halides is 3. The predicted molar refractivity (Wildman–Crippen MR) is 126 cm³/mol. The lowest BCUT2D eigenvalue weighted by molar-refractivity contribution is -0.135. The maximum absolute atomic E-state index is 12.8. The highest BCUT2D eigenvalue weighted by atomic mass is 35.5. The molecule has 2 N–H and O–H groups in total. The van der Waals surface area contributed by atoms with Crippen molar-refractivity contribution < 1.29 is 23.1 Å². The summed E-state index contributed by atoms with van der Waals surface area (Å²) < 4.78 is 41.3. The molecule has 182 valence electrons. The summed E-state index contributed by atoms with van der Waals surface area (Å²) in [6, 6.07) is 14.3. The molecule has 2 aromatic carbocycles. The third kappa shape index (κ3) is 5.83. The molecule has 0 spiro atoms. The van der Waals surface area contributed by atoms with E-state index >= 15 is 0 Å². The Morgan fingerprint density at radius 2 is 1.77 bits per heavy atom. The normalized spacial score (nSPS) is 11.7. The Hall–Kier alpha value is -3.79. The van der Waals surface area contributed by atoms with Crippen LogP contribution in [0, 0.1) is 0 Å². The fourth-order valence-electron chi connectivity index (χ4n) is 3.62. The number of carbonyl (C=O) groups is 1. The van der Waals surface area contributed by atoms with Crippen molar-refractivity contribution in [2.45, 2.75) is 32.1 Å². The Kier molecular flexibility index (Phi) is 6.83. The van der Waals surface area contributed by atoms with Crippen LogP contribution in [0.5, 0.6) is 0 Å². The number of nitrogens with zero attached hydrogens (tertiary/aromatic N) is 3. The maximum Gasteiger partial charge on any atom is 0.389 e. The lowest BCUT2D eigenvalue weighted by atomic mass is 10.1. The van der Waals surface area contributed by atoms with Crippen molar-refractivity contribution in [2.24, 2.45) is 0 Å². The fraction of sp³-hybridized carbons (Fsp3) is 0.208. The van der Waals surface area contributed by atoms with Crippen molar-refractivity contribution in [3.63, 3.8) is 0 Å². The first-order valence-electron chi connectivity index (χ1n) is 10.6. The predicted octanol–water partition coefficient (Wildman–Crippen LogP) is 5.47. The van der Waals surface area contributed by atoms with E-state index in [2.05, 4.69) is 10.3 Å². The molecule has 4 aromatic rings. The number of anilines is 1. The van der Waals surface area contributed by atoms with Gasteiger partial charge in [-0.05, 0) is 36.2 Å². The lowest BCUT2D eigenvalue weighted by Crippen LogP contribution is -2.21. The van der Waals surface area contributed by atoms with Crippen LogP contribution in [0.1, 0.15) is 28.8 Å². The molecule has 7 nitrogen and oxygen atoms in total. The summed E-state index contributed by atoms with van der Waals surface area (Å²) in [7, 11) is 0. The molecule has 35 heavy (non-hydrogen) atoms. The number of hydrogen-bond donors (Lipinski definition) is 2. The SMILES string of the molecule is O=C(O)c1ccc(CNc2cc(=O)n3cc(-c4ccc(Cl)cc4)nc3n2CCCC(F)(F)F)cc1. The van der Waals surface area contributed by atoms with Crippen LogP contribution in [-0.2, 0) is 13.1 Å². The molecule has 11 heteroatoms. The molecule has 0 aliphatic carbocycles. The van der Waals surface area contributed by atoms with Crippen LogP contribution in [0.25, 0.3) is 17.0 Å². The number of halogens is 4. The number of imidazole rings is 1. The Morgan fingerprint density at radius 1 is 1.09 bits per heavy atom. The molecular formula is C24H20ClF3N4O3. The van der Waals surface area contributed by atoms with E-state index in [1.807, 2.05) is 0 Å². The molecule has 0 radical (unpaired) electrons. The minimum Gasteiger partial charge on any atom is -0.478 e. The van der Waals surface area contributed by atoms with Gasteiger partial charge in [0.05, 0.1) is 11.3 Å². The Balaban J connectivity index is 1.69. The van der Waals surface area contributed by atoms with Gasteiger partial charge in [-0.25, -0.2) is 9.78 Å². The zero-order valence-corrected chi connectivity index (χ0v) is 19.0. The van der Waals surface area contributed by atoms with Crippen LogP contribution >= 0.6 is 11.6 Å². The van der Waals surface area contributed by atoms with E-state index in [1.54, 1.807) is 36.4 Å². The molecule has 0 saturated heterocycles. The average molecular weight is 505 g/mol. The summed E-state index contributed by atoms with van der Waals surface area (Å²) in [5.74, 6) is -0.544. The van der Waals surface area contributed by atoms with E-state index in [0.29, 0.717) is 22.1 Å². The summed E-state index contributed by atoms with van der Waals surface area (Å²) >= 11 is 5.94. The van der Waals surface area contributed by atoms with Gasteiger partial charge < -0.3 is 10.4 Å². The third-order valence-corrected chi connectivity index (χ3v) is 5.63. The van der Waals surface area contributed by atoms with Crippen LogP contribution < -0.4 is 10.9 Å². The second-order valence-electron chi connectivity index (χ2n) is 7.90. The molecule has 0 atom stereocenters. The molecular weight excluding hydrogens is 485 g/mol. The van der Waals surface area contributed by atoms with Gasteiger partial charge in [-0.15, -0.1) is 0 Å². The number of carboxylic acids is 1. The summed E-state index contributed by atoms with van der Waals surface area (Å²) in [4.78, 5) is 28.4. The van der Waals surface area contributed by atoms with Gasteiger partial charge in [-0.3, -0.25) is 13.8 Å². The average Bonchev–Trinajstić information content (AvgIpc) is 3.25. The highest BCUT2D eigenvalue weighted by Crippen LogP contribution is 2.25. The quantitative estimate of drug-likeness (QED) is 0.332. The third-order valence-electron chi connectivity index (χ3n) is 5.37. The largest absolute Gasteiger partial charge is 0.478 e. The van der Waals surface area contributed by atoms with Crippen molar-refractivity contribution >= 4 is 29.2 Å². The first-order valence-corrected chi connectivity index (χ1v) is 11.0. The van der Waals surface area contributed by atoms with E-state index in [-0.39, 0.29) is 30.9 Å². The summed E-state index contributed by atoms with van der Waals surface area (Å²) in [6.45, 7) is 0.195. The summed E-state index contributed by atoms with van der Waals surface area (Å²) in [5.41, 5.74) is 1.64. The van der Waals surface area contributed by atoms with E-state index in [1.165, 1.54) is 33.4 Å². The molecule has 0 aliphatic rings. The van der Waals surface area contributed by atoms with Gasteiger partial charge in [0.2, 0.25) is 5.78 Å². The van der Waals surface area contributed by atoms with Gasteiger partial charge in [0.1, 0.15) is 5.82 Å². The molecule has 0 unspecified atom stereocenters. The highest BCUT2D eigenvalue weighted by Gasteiger charge is 2.26. The number of aromatic nitrogens is 3. The minimum absolute atomic E-state index is 0.0271. The number of carboxylic acid groups (broad SMARTS) is 1. The van der Waals surface area contributed by atoms with E-state index < -0.39 is 24.1 Å². The van der Waals surface area contributed by atoms with E-state index in [4.69, 9.17) is 16.7 Å². The van der Waals surface area contributed by atoms with Crippen molar-refractivity contribution in [2.75, 3.05) is 5.32 Å². The lowest BCUT2D eigenvalue weighted by Gasteiger charge is -2.17. The van der Waals surface area contributed by atoms with Crippen LogP contribution in [0.3, 0.4) is 0 Å². The van der Waals surface area contributed by atoms with Crippen molar-refractivity contribution in [1.82, 2.24) is 14.0 Å². The molecule has 0 aliphatic heterocycles. The molecule has 0 amide bonds. The Labute approximate surface area is 202 Å². The van der Waals surface area contributed by atoms with E-state index in [9.17, 15) is 22.8 Å². The molecule has 2 heterocycles. The molecule has 0 saturated carbocycles. The number of nitrogens with one attached hydrogen (secondary N) is 1. The monoisotopic (exact) mass is 504 g/mol. The van der Waals surface area contributed by atoms with Gasteiger partial charge in [0.25, 0.3) is 5.56 Å². The number of aromatic carboxylic acids is 1. The first kappa shape index (κ1) is 24.3. The van der Waals surface area contributed by atoms with Crippen LogP contribution in [-0.4, -0.2) is 31.2 Å². The topological polar surface area (TPSA) is 88.6 Å².